The van der Waals surface area contributed by atoms with Crippen molar-refractivity contribution in [1.29, 1.82) is 0 Å². The standard InChI is InChI=1S/C17H23NO4/c1-18-7-6-17(14(18)9-11(19)15-16(17)22-15)10-4-5-12(20-2)13(8-10)21-3/h4-5,8,11,14-16,19H,6-7,9H2,1-3H3/t11-,14+,15-,16-,17-/m0/s1. The highest BCUT2D eigenvalue weighted by atomic mass is 16.6. The maximum absolute atomic E-state index is 10.2. The van der Waals surface area contributed by atoms with Gasteiger partial charge in [0.05, 0.1) is 26.4 Å². The van der Waals surface area contributed by atoms with Crippen molar-refractivity contribution in [2.45, 2.75) is 42.6 Å². The van der Waals surface area contributed by atoms with E-state index in [2.05, 4.69) is 24.1 Å². The second kappa shape index (κ2) is 4.85. The van der Waals surface area contributed by atoms with Crippen LogP contribution in [0.15, 0.2) is 18.2 Å². The van der Waals surface area contributed by atoms with Crippen LogP contribution in [0, 0.1) is 0 Å². The topological polar surface area (TPSA) is 54.5 Å². The number of benzene rings is 1. The fourth-order valence-corrected chi connectivity index (χ4v) is 4.62. The van der Waals surface area contributed by atoms with Gasteiger partial charge in [-0.3, -0.25) is 0 Å². The van der Waals surface area contributed by atoms with Gasteiger partial charge in [-0.2, -0.15) is 0 Å². The van der Waals surface area contributed by atoms with Crippen molar-refractivity contribution < 1.29 is 19.3 Å². The van der Waals surface area contributed by atoms with Gasteiger partial charge in [0.25, 0.3) is 0 Å². The average Bonchev–Trinajstić information content (AvgIpc) is 3.29. The maximum atomic E-state index is 10.2. The van der Waals surface area contributed by atoms with E-state index in [9.17, 15) is 5.11 Å². The second-order valence-corrected chi connectivity index (χ2v) is 6.68. The molecule has 3 aliphatic rings. The Hall–Kier alpha value is -1.30. The maximum Gasteiger partial charge on any atom is 0.161 e. The summed E-state index contributed by atoms with van der Waals surface area (Å²) in [5.41, 5.74) is 1.19. The Morgan fingerprint density at radius 2 is 2.05 bits per heavy atom. The lowest BCUT2D eigenvalue weighted by atomic mass is 9.65. The Bertz CT molecular complexity index is 592. The summed E-state index contributed by atoms with van der Waals surface area (Å²) in [6, 6.07) is 6.50. The number of methoxy groups -OCH3 is 2. The van der Waals surface area contributed by atoms with Crippen molar-refractivity contribution in [3.63, 3.8) is 0 Å². The molecular weight excluding hydrogens is 282 g/mol. The van der Waals surface area contributed by atoms with Gasteiger partial charge in [0.2, 0.25) is 0 Å². The van der Waals surface area contributed by atoms with E-state index in [-0.39, 0.29) is 23.7 Å². The van der Waals surface area contributed by atoms with Crippen molar-refractivity contribution in [2.24, 2.45) is 0 Å². The van der Waals surface area contributed by atoms with Gasteiger partial charge >= 0.3 is 0 Å². The summed E-state index contributed by atoms with van der Waals surface area (Å²) in [4.78, 5) is 2.36. The molecule has 3 fully saturated rings. The molecule has 0 radical (unpaired) electrons. The molecule has 1 N–H and O–H groups in total. The van der Waals surface area contributed by atoms with E-state index in [1.165, 1.54) is 5.56 Å². The van der Waals surface area contributed by atoms with Gasteiger partial charge in [-0.15, -0.1) is 0 Å². The molecule has 0 amide bonds. The van der Waals surface area contributed by atoms with Crippen LogP contribution in [0.5, 0.6) is 11.5 Å². The van der Waals surface area contributed by atoms with Crippen molar-refractivity contribution in [3.05, 3.63) is 23.8 Å². The Morgan fingerprint density at radius 1 is 1.27 bits per heavy atom. The third kappa shape index (κ3) is 1.76. The average molecular weight is 305 g/mol. The minimum absolute atomic E-state index is 0.00385. The molecule has 5 nitrogen and oxygen atoms in total. The molecule has 120 valence electrons. The highest BCUT2D eigenvalue weighted by molar-refractivity contribution is 5.48. The number of aliphatic hydroxyl groups excluding tert-OH is 1. The number of hydrogen-bond donors (Lipinski definition) is 1. The molecule has 22 heavy (non-hydrogen) atoms. The lowest BCUT2D eigenvalue weighted by Crippen LogP contribution is -2.52. The molecule has 1 aliphatic carbocycles. The lowest BCUT2D eigenvalue weighted by Gasteiger charge is -2.41. The molecule has 1 saturated carbocycles. The van der Waals surface area contributed by atoms with Crippen LogP contribution in [0.3, 0.4) is 0 Å². The first-order valence-electron chi connectivity index (χ1n) is 7.88. The number of ether oxygens (including phenoxy) is 3. The first-order chi connectivity index (χ1) is 10.6. The van der Waals surface area contributed by atoms with Crippen molar-refractivity contribution in [1.82, 2.24) is 4.90 Å². The van der Waals surface area contributed by atoms with Crippen LogP contribution in [0.2, 0.25) is 0 Å². The summed E-state index contributed by atoms with van der Waals surface area (Å²) >= 11 is 0. The highest BCUT2D eigenvalue weighted by Gasteiger charge is 2.67. The summed E-state index contributed by atoms with van der Waals surface area (Å²) in [5, 5.41) is 10.2. The Labute approximate surface area is 130 Å². The molecule has 0 unspecified atom stereocenters. The number of likely N-dealkylation sites (N-methyl/N-ethyl adjacent to an activating group) is 1. The summed E-state index contributed by atoms with van der Waals surface area (Å²) in [7, 11) is 5.46. The number of hydrogen-bond acceptors (Lipinski definition) is 5. The van der Waals surface area contributed by atoms with E-state index in [0.717, 1.165) is 30.9 Å². The predicted octanol–water partition coefficient (Wildman–Crippen LogP) is 1.18. The number of epoxide rings is 1. The molecule has 4 rings (SSSR count). The van der Waals surface area contributed by atoms with E-state index >= 15 is 0 Å². The molecule has 1 aromatic carbocycles. The van der Waals surface area contributed by atoms with Gasteiger partial charge in [-0.05, 0) is 44.1 Å². The molecule has 1 aromatic rings. The highest BCUT2D eigenvalue weighted by Crippen LogP contribution is 2.57. The van der Waals surface area contributed by atoms with Crippen LogP contribution >= 0.6 is 0 Å². The summed E-state index contributed by atoms with van der Waals surface area (Å²) in [6.45, 7) is 1.03. The smallest absolute Gasteiger partial charge is 0.161 e. The molecule has 0 aromatic heterocycles. The zero-order valence-corrected chi connectivity index (χ0v) is 13.3. The minimum Gasteiger partial charge on any atom is -0.493 e. The van der Waals surface area contributed by atoms with E-state index < -0.39 is 0 Å². The monoisotopic (exact) mass is 305 g/mol. The zero-order valence-electron chi connectivity index (χ0n) is 13.3. The van der Waals surface area contributed by atoms with E-state index in [0.29, 0.717) is 6.04 Å². The van der Waals surface area contributed by atoms with E-state index in [1.54, 1.807) is 14.2 Å². The first-order valence-corrected chi connectivity index (χ1v) is 7.88. The fraction of sp³-hybridized carbons (Fsp3) is 0.647. The van der Waals surface area contributed by atoms with Crippen molar-refractivity contribution in [2.75, 3.05) is 27.8 Å². The van der Waals surface area contributed by atoms with Gasteiger partial charge in [-0.1, -0.05) is 6.07 Å². The molecule has 0 spiro atoms. The lowest BCUT2D eigenvalue weighted by molar-refractivity contribution is 0.0768. The number of fused-ring (bicyclic) bond motifs is 3. The third-order valence-electron chi connectivity index (χ3n) is 5.80. The Balaban J connectivity index is 1.79. The first kappa shape index (κ1) is 14.3. The molecule has 2 aliphatic heterocycles. The Morgan fingerprint density at radius 3 is 2.77 bits per heavy atom. The van der Waals surface area contributed by atoms with Gasteiger partial charge in [0.1, 0.15) is 6.10 Å². The van der Waals surface area contributed by atoms with Crippen LogP contribution in [0.1, 0.15) is 18.4 Å². The third-order valence-corrected chi connectivity index (χ3v) is 5.80. The minimum atomic E-state index is -0.344. The molecule has 2 saturated heterocycles. The van der Waals surface area contributed by atoms with Gasteiger partial charge in [0, 0.05) is 11.5 Å². The summed E-state index contributed by atoms with van der Waals surface area (Å²) < 4.78 is 16.7. The van der Waals surface area contributed by atoms with Gasteiger partial charge in [0.15, 0.2) is 11.5 Å². The number of likely N-dealkylation sites (tertiary alicyclic amines) is 1. The van der Waals surface area contributed by atoms with Crippen molar-refractivity contribution in [3.8, 4) is 11.5 Å². The molecule has 2 heterocycles. The molecular formula is C17H23NO4. The van der Waals surface area contributed by atoms with Crippen LogP contribution in [0.25, 0.3) is 0 Å². The number of aliphatic hydroxyl groups is 1. The molecule has 5 heteroatoms. The normalized spacial score (nSPS) is 40.0. The number of nitrogens with zero attached hydrogens (tertiary/aromatic N) is 1. The predicted molar refractivity (Wildman–Crippen MR) is 81.5 cm³/mol. The zero-order chi connectivity index (χ0) is 15.5. The summed E-state index contributed by atoms with van der Waals surface area (Å²) in [5.74, 6) is 1.50. The summed E-state index contributed by atoms with van der Waals surface area (Å²) in [6.07, 6.45) is 1.59. The molecule has 0 bridgehead atoms. The largest absolute Gasteiger partial charge is 0.493 e. The van der Waals surface area contributed by atoms with Crippen LogP contribution in [-0.2, 0) is 10.2 Å². The molecule has 5 atom stereocenters. The second-order valence-electron chi connectivity index (χ2n) is 6.68. The van der Waals surface area contributed by atoms with Crippen LogP contribution in [-0.4, -0.2) is 62.2 Å². The van der Waals surface area contributed by atoms with E-state index in [4.69, 9.17) is 14.2 Å². The Kier molecular flexibility index (Phi) is 3.15. The van der Waals surface area contributed by atoms with E-state index in [1.807, 2.05) is 6.07 Å². The van der Waals surface area contributed by atoms with Gasteiger partial charge < -0.3 is 24.2 Å². The fourth-order valence-electron chi connectivity index (χ4n) is 4.62. The van der Waals surface area contributed by atoms with Crippen molar-refractivity contribution >= 4 is 0 Å². The van der Waals surface area contributed by atoms with Gasteiger partial charge in [-0.25, -0.2) is 0 Å². The van der Waals surface area contributed by atoms with Crippen LogP contribution < -0.4 is 9.47 Å². The number of rotatable bonds is 3. The SMILES string of the molecule is COc1ccc([C@@]23CCN(C)[C@@H]2C[C@H](O)[C@@H]2O[C@@H]23)cc1OC. The quantitative estimate of drug-likeness (QED) is 0.850. The van der Waals surface area contributed by atoms with Crippen LogP contribution in [0.4, 0.5) is 0 Å².